The summed E-state index contributed by atoms with van der Waals surface area (Å²) in [5, 5.41) is 0. The van der Waals surface area contributed by atoms with E-state index in [9.17, 15) is 4.79 Å². The quantitative estimate of drug-likeness (QED) is 0.711. The summed E-state index contributed by atoms with van der Waals surface area (Å²) in [6.07, 6.45) is 5.17. The third kappa shape index (κ3) is 5.62. The summed E-state index contributed by atoms with van der Waals surface area (Å²) in [7, 11) is 0. The van der Waals surface area contributed by atoms with Gasteiger partial charge in [-0.15, -0.1) is 0 Å². The Bertz CT molecular complexity index is 640. The molecule has 138 valence electrons. The first kappa shape index (κ1) is 19.6. The highest BCUT2D eigenvalue weighted by Crippen LogP contribution is 2.26. The molecule has 0 bridgehead atoms. The van der Waals surface area contributed by atoms with Crippen molar-refractivity contribution in [2.45, 2.75) is 66.4 Å². The number of hydrogen-bond acceptors (Lipinski definition) is 2. The van der Waals surface area contributed by atoms with E-state index in [0.717, 1.165) is 19.4 Å². The standard InChI is InChI=1S/C22H33NO2/c1-7-16(2)14-20-15-19(9-8-17(20)3)18-10-12-23(13-11-18)21(24)25-22(4,5)6/h8-10,15-16H,7,11-14H2,1-6H3. The monoisotopic (exact) mass is 343 g/mol. The molecule has 2 rings (SSSR count). The number of amides is 1. The Morgan fingerprint density at radius 3 is 2.60 bits per heavy atom. The Labute approximate surface area is 153 Å². The van der Waals surface area contributed by atoms with Crippen LogP contribution in [0.1, 0.15) is 64.2 Å². The number of carbonyl (C=O) groups is 1. The van der Waals surface area contributed by atoms with Crippen LogP contribution in [0.5, 0.6) is 0 Å². The molecule has 3 nitrogen and oxygen atoms in total. The van der Waals surface area contributed by atoms with Gasteiger partial charge in [-0.05, 0) is 68.7 Å². The minimum atomic E-state index is -0.442. The van der Waals surface area contributed by atoms with Gasteiger partial charge in [0.2, 0.25) is 0 Å². The molecular formula is C22H33NO2. The lowest BCUT2D eigenvalue weighted by Crippen LogP contribution is -2.39. The van der Waals surface area contributed by atoms with Crippen molar-refractivity contribution in [3.05, 3.63) is 41.0 Å². The van der Waals surface area contributed by atoms with E-state index in [-0.39, 0.29) is 6.09 Å². The fourth-order valence-corrected chi connectivity index (χ4v) is 3.03. The average molecular weight is 344 g/mol. The summed E-state index contributed by atoms with van der Waals surface area (Å²) >= 11 is 0. The third-order valence-corrected chi connectivity index (χ3v) is 4.85. The first-order valence-corrected chi connectivity index (χ1v) is 9.46. The molecule has 0 aromatic heterocycles. The van der Waals surface area contributed by atoms with Crippen LogP contribution in [0, 0.1) is 12.8 Å². The van der Waals surface area contributed by atoms with E-state index in [0.29, 0.717) is 12.5 Å². The third-order valence-electron chi connectivity index (χ3n) is 4.85. The first-order chi connectivity index (χ1) is 11.7. The van der Waals surface area contributed by atoms with E-state index in [4.69, 9.17) is 4.74 Å². The summed E-state index contributed by atoms with van der Waals surface area (Å²) in [6.45, 7) is 13.8. The Morgan fingerprint density at radius 2 is 2.04 bits per heavy atom. The highest BCUT2D eigenvalue weighted by atomic mass is 16.6. The lowest BCUT2D eigenvalue weighted by molar-refractivity contribution is 0.0270. The number of aryl methyl sites for hydroxylation is 1. The van der Waals surface area contributed by atoms with Crippen molar-refractivity contribution in [1.82, 2.24) is 4.90 Å². The summed E-state index contributed by atoms with van der Waals surface area (Å²) in [5.74, 6) is 0.706. The maximum Gasteiger partial charge on any atom is 0.410 e. The van der Waals surface area contributed by atoms with Gasteiger partial charge in [-0.1, -0.05) is 44.5 Å². The summed E-state index contributed by atoms with van der Waals surface area (Å²) in [5.41, 5.74) is 5.01. The minimum Gasteiger partial charge on any atom is -0.444 e. The maximum absolute atomic E-state index is 12.2. The van der Waals surface area contributed by atoms with Gasteiger partial charge in [0, 0.05) is 13.1 Å². The van der Waals surface area contributed by atoms with Crippen LogP contribution in [0.15, 0.2) is 24.3 Å². The predicted molar refractivity (Wildman–Crippen MR) is 105 cm³/mol. The maximum atomic E-state index is 12.2. The summed E-state index contributed by atoms with van der Waals surface area (Å²) in [6, 6.07) is 6.79. The number of hydrogen-bond donors (Lipinski definition) is 0. The van der Waals surface area contributed by atoms with E-state index >= 15 is 0 Å². The topological polar surface area (TPSA) is 29.5 Å². The molecule has 1 atom stereocenters. The zero-order valence-corrected chi connectivity index (χ0v) is 16.7. The summed E-state index contributed by atoms with van der Waals surface area (Å²) < 4.78 is 5.47. The second kappa shape index (κ2) is 8.07. The van der Waals surface area contributed by atoms with E-state index in [2.05, 4.69) is 45.0 Å². The van der Waals surface area contributed by atoms with Crippen molar-refractivity contribution < 1.29 is 9.53 Å². The van der Waals surface area contributed by atoms with Crippen molar-refractivity contribution in [1.29, 1.82) is 0 Å². The summed E-state index contributed by atoms with van der Waals surface area (Å²) in [4.78, 5) is 14.0. The van der Waals surface area contributed by atoms with Gasteiger partial charge in [0.25, 0.3) is 0 Å². The Morgan fingerprint density at radius 1 is 1.32 bits per heavy atom. The predicted octanol–water partition coefficient (Wildman–Crippen LogP) is 5.61. The second-order valence-electron chi connectivity index (χ2n) is 8.26. The zero-order chi connectivity index (χ0) is 18.6. The fraction of sp³-hybridized carbons (Fsp3) is 0.591. The smallest absolute Gasteiger partial charge is 0.410 e. The lowest BCUT2D eigenvalue weighted by atomic mass is 9.91. The Hall–Kier alpha value is -1.77. The molecule has 0 saturated heterocycles. The molecule has 1 aliphatic heterocycles. The molecule has 1 amide bonds. The minimum absolute atomic E-state index is 0.218. The molecule has 1 aromatic carbocycles. The van der Waals surface area contributed by atoms with Gasteiger partial charge in [-0.25, -0.2) is 4.79 Å². The molecule has 0 saturated carbocycles. The van der Waals surface area contributed by atoms with Gasteiger partial charge in [-0.2, -0.15) is 0 Å². The van der Waals surface area contributed by atoms with E-state index < -0.39 is 5.60 Å². The van der Waals surface area contributed by atoms with E-state index in [1.165, 1.54) is 28.7 Å². The number of rotatable bonds is 4. The Balaban J connectivity index is 2.08. The molecule has 1 heterocycles. The van der Waals surface area contributed by atoms with Gasteiger partial charge in [0.05, 0.1) is 0 Å². The van der Waals surface area contributed by atoms with Crippen LogP contribution >= 0.6 is 0 Å². The van der Waals surface area contributed by atoms with Crippen LogP contribution in [-0.2, 0) is 11.2 Å². The normalized spacial score (nSPS) is 16.4. The molecule has 0 fully saturated rings. The number of benzene rings is 1. The molecule has 0 radical (unpaired) electrons. The Kier molecular flexibility index (Phi) is 6.31. The molecule has 0 aliphatic carbocycles. The van der Waals surface area contributed by atoms with Crippen molar-refractivity contribution in [2.75, 3.05) is 13.1 Å². The van der Waals surface area contributed by atoms with Crippen LogP contribution in [0.2, 0.25) is 0 Å². The van der Waals surface area contributed by atoms with Crippen LogP contribution in [0.4, 0.5) is 4.79 Å². The van der Waals surface area contributed by atoms with E-state index in [1.54, 1.807) is 4.90 Å². The van der Waals surface area contributed by atoms with Crippen LogP contribution in [0.3, 0.4) is 0 Å². The molecule has 25 heavy (non-hydrogen) atoms. The molecular weight excluding hydrogens is 310 g/mol. The molecule has 0 N–H and O–H groups in total. The highest BCUT2D eigenvalue weighted by molar-refractivity contribution is 5.73. The molecule has 0 spiro atoms. The number of carbonyl (C=O) groups excluding carboxylic acids is 1. The van der Waals surface area contributed by atoms with Gasteiger partial charge in [0.1, 0.15) is 5.60 Å². The van der Waals surface area contributed by atoms with Gasteiger partial charge >= 0.3 is 6.09 Å². The molecule has 1 aliphatic rings. The largest absolute Gasteiger partial charge is 0.444 e. The van der Waals surface area contributed by atoms with Crippen LogP contribution in [0.25, 0.3) is 5.57 Å². The second-order valence-corrected chi connectivity index (χ2v) is 8.26. The van der Waals surface area contributed by atoms with Crippen molar-refractivity contribution in [2.24, 2.45) is 5.92 Å². The number of nitrogens with zero attached hydrogens (tertiary/aromatic N) is 1. The lowest BCUT2D eigenvalue weighted by Gasteiger charge is -2.29. The molecule has 3 heteroatoms. The number of ether oxygens (including phenoxy) is 1. The van der Waals surface area contributed by atoms with Crippen molar-refractivity contribution in [3.63, 3.8) is 0 Å². The van der Waals surface area contributed by atoms with Crippen LogP contribution in [-0.4, -0.2) is 29.7 Å². The molecule has 1 aromatic rings. The SMILES string of the molecule is CCC(C)Cc1cc(C2=CCN(C(=O)OC(C)(C)C)CC2)ccc1C. The van der Waals surface area contributed by atoms with Gasteiger partial charge < -0.3 is 9.64 Å². The fourth-order valence-electron chi connectivity index (χ4n) is 3.03. The average Bonchev–Trinajstić information content (AvgIpc) is 2.55. The first-order valence-electron chi connectivity index (χ1n) is 9.46. The van der Waals surface area contributed by atoms with Crippen LogP contribution < -0.4 is 0 Å². The molecule has 1 unspecified atom stereocenters. The van der Waals surface area contributed by atoms with Gasteiger partial charge in [-0.3, -0.25) is 0 Å². The van der Waals surface area contributed by atoms with Crippen molar-refractivity contribution >= 4 is 11.7 Å². The zero-order valence-electron chi connectivity index (χ0n) is 16.7. The van der Waals surface area contributed by atoms with E-state index in [1.807, 2.05) is 20.8 Å². The van der Waals surface area contributed by atoms with Gasteiger partial charge in [0.15, 0.2) is 0 Å². The van der Waals surface area contributed by atoms with Crippen molar-refractivity contribution in [3.8, 4) is 0 Å². The highest BCUT2D eigenvalue weighted by Gasteiger charge is 2.24.